The Balaban J connectivity index is 2.27. The first-order valence-electron chi connectivity index (χ1n) is 6.09. The molecule has 0 saturated carbocycles. The third kappa shape index (κ3) is 3.08. The van der Waals surface area contributed by atoms with E-state index in [4.69, 9.17) is 14.2 Å². The Labute approximate surface area is 112 Å². The molecule has 0 saturated heterocycles. The predicted molar refractivity (Wildman–Crippen MR) is 73.2 cm³/mol. The normalized spacial score (nSPS) is 14.4. The molecule has 0 aromatic heterocycles. The average molecular weight is 265 g/mol. The number of aliphatic imine (C=N–C) groups is 1. The SMILES string of the molecule is COc1cc(CC2=NCCNN2)cc(OC)c1OC. The van der Waals surface area contributed by atoms with E-state index in [2.05, 4.69) is 15.8 Å². The predicted octanol–water partition coefficient (Wildman–Crippen LogP) is 0.761. The molecule has 1 aliphatic heterocycles. The number of rotatable bonds is 5. The first-order valence-corrected chi connectivity index (χ1v) is 6.09. The quantitative estimate of drug-likeness (QED) is 0.823. The molecule has 1 aromatic rings. The maximum atomic E-state index is 5.33. The number of nitrogens with zero attached hydrogens (tertiary/aromatic N) is 1. The molecule has 1 aromatic carbocycles. The summed E-state index contributed by atoms with van der Waals surface area (Å²) >= 11 is 0. The van der Waals surface area contributed by atoms with Crippen LogP contribution in [0.2, 0.25) is 0 Å². The summed E-state index contributed by atoms with van der Waals surface area (Å²) in [4.78, 5) is 4.41. The van der Waals surface area contributed by atoms with Gasteiger partial charge in [0, 0.05) is 13.0 Å². The van der Waals surface area contributed by atoms with Crippen LogP contribution in [0.5, 0.6) is 17.2 Å². The molecule has 2 rings (SSSR count). The van der Waals surface area contributed by atoms with E-state index in [1.54, 1.807) is 21.3 Å². The van der Waals surface area contributed by atoms with Crippen LogP contribution in [-0.2, 0) is 6.42 Å². The Bertz CT molecular complexity index is 449. The van der Waals surface area contributed by atoms with Gasteiger partial charge < -0.3 is 19.6 Å². The summed E-state index contributed by atoms with van der Waals surface area (Å²) in [6.45, 7) is 1.63. The van der Waals surface area contributed by atoms with Crippen molar-refractivity contribution < 1.29 is 14.2 Å². The van der Waals surface area contributed by atoms with E-state index < -0.39 is 0 Å². The minimum Gasteiger partial charge on any atom is -0.493 e. The van der Waals surface area contributed by atoms with Gasteiger partial charge in [0.2, 0.25) is 5.75 Å². The van der Waals surface area contributed by atoms with E-state index in [-0.39, 0.29) is 0 Å². The highest BCUT2D eigenvalue weighted by Crippen LogP contribution is 2.38. The molecule has 1 aliphatic rings. The standard InChI is InChI=1S/C13H19N3O3/c1-17-10-6-9(7-11(18-2)13(10)19-3)8-12-14-4-5-15-16-12/h6-7,15H,4-5,8H2,1-3H3,(H,14,16). The highest BCUT2D eigenvalue weighted by atomic mass is 16.5. The first kappa shape index (κ1) is 13.5. The van der Waals surface area contributed by atoms with Crippen molar-refractivity contribution in [3.63, 3.8) is 0 Å². The molecule has 0 spiro atoms. The van der Waals surface area contributed by atoms with Crippen LogP contribution < -0.4 is 25.1 Å². The van der Waals surface area contributed by atoms with Gasteiger partial charge in [0.15, 0.2) is 11.5 Å². The number of hydrazine groups is 1. The maximum Gasteiger partial charge on any atom is 0.203 e. The summed E-state index contributed by atoms with van der Waals surface area (Å²) in [6.07, 6.45) is 0.684. The minimum absolute atomic E-state index is 0.602. The number of hydrogen-bond donors (Lipinski definition) is 2. The van der Waals surface area contributed by atoms with Crippen molar-refractivity contribution in [2.75, 3.05) is 34.4 Å². The molecule has 0 radical (unpaired) electrons. The van der Waals surface area contributed by atoms with Gasteiger partial charge in [-0.05, 0) is 17.7 Å². The summed E-state index contributed by atoms with van der Waals surface area (Å²) in [5.41, 5.74) is 7.17. The molecule has 19 heavy (non-hydrogen) atoms. The smallest absolute Gasteiger partial charge is 0.203 e. The topological polar surface area (TPSA) is 64.1 Å². The monoisotopic (exact) mass is 265 g/mol. The van der Waals surface area contributed by atoms with Crippen molar-refractivity contribution in [2.45, 2.75) is 6.42 Å². The maximum absolute atomic E-state index is 5.33. The summed E-state index contributed by atoms with van der Waals surface area (Å²) in [5.74, 6) is 2.81. The Kier molecular flexibility index (Phi) is 4.46. The second kappa shape index (κ2) is 6.29. The molecule has 104 valence electrons. The second-order valence-corrected chi connectivity index (χ2v) is 4.09. The van der Waals surface area contributed by atoms with Gasteiger partial charge in [-0.15, -0.1) is 0 Å². The Morgan fingerprint density at radius 1 is 1.11 bits per heavy atom. The van der Waals surface area contributed by atoms with Crippen molar-refractivity contribution in [1.82, 2.24) is 10.9 Å². The number of benzene rings is 1. The molecule has 0 aliphatic carbocycles. The largest absolute Gasteiger partial charge is 0.493 e. The van der Waals surface area contributed by atoms with E-state index in [1.165, 1.54) is 0 Å². The molecule has 0 fully saturated rings. The van der Waals surface area contributed by atoms with Crippen LogP contribution in [0, 0.1) is 0 Å². The average Bonchev–Trinajstić information content (AvgIpc) is 2.47. The van der Waals surface area contributed by atoms with Gasteiger partial charge in [-0.1, -0.05) is 0 Å². The lowest BCUT2D eigenvalue weighted by molar-refractivity contribution is 0.324. The summed E-state index contributed by atoms with van der Waals surface area (Å²) < 4.78 is 16.0. The van der Waals surface area contributed by atoms with Gasteiger partial charge in [0.05, 0.1) is 27.9 Å². The van der Waals surface area contributed by atoms with Crippen LogP contribution in [0.1, 0.15) is 5.56 Å². The zero-order chi connectivity index (χ0) is 13.7. The van der Waals surface area contributed by atoms with Crippen LogP contribution in [0.4, 0.5) is 0 Å². The highest BCUT2D eigenvalue weighted by Gasteiger charge is 2.14. The van der Waals surface area contributed by atoms with Gasteiger partial charge in [0.25, 0.3) is 0 Å². The molecule has 0 atom stereocenters. The summed E-state index contributed by atoms with van der Waals surface area (Å²) in [5, 5.41) is 0. The van der Waals surface area contributed by atoms with Crippen LogP contribution in [0.15, 0.2) is 17.1 Å². The lowest BCUT2D eigenvalue weighted by Crippen LogP contribution is -2.43. The fourth-order valence-electron chi connectivity index (χ4n) is 1.98. The van der Waals surface area contributed by atoms with Gasteiger partial charge in [-0.25, -0.2) is 5.43 Å². The minimum atomic E-state index is 0.602. The van der Waals surface area contributed by atoms with Crippen molar-refractivity contribution in [1.29, 1.82) is 0 Å². The van der Waals surface area contributed by atoms with E-state index in [0.29, 0.717) is 23.7 Å². The molecule has 0 bridgehead atoms. The van der Waals surface area contributed by atoms with Gasteiger partial charge in [-0.2, -0.15) is 0 Å². The molecule has 6 nitrogen and oxygen atoms in total. The molecule has 1 heterocycles. The van der Waals surface area contributed by atoms with E-state index in [9.17, 15) is 0 Å². The molecule has 2 N–H and O–H groups in total. The Morgan fingerprint density at radius 2 is 1.79 bits per heavy atom. The fourth-order valence-corrected chi connectivity index (χ4v) is 1.98. The first-order chi connectivity index (χ1) is 9.28. The summed E-state index contributed by atoms with van der Waals surface area (Å²) in [7, 11) is 4.81. The lowest BCUT2D eigenvalue weighted by Gasteiger charge is -2.17. The van der Waals surface area contributed by atoms with E-state index in [1.807, 2.05) is 12.1 Å². The van der Waals surface area contributed by atoms with E-state index in [0.717, 1.165) is 24.5 Å². The molecular weight excluding hydrogens is 246 g/mol. The third-order valence-corrected chi connectivity index (χ3v) is 2.87. The summed E-state index contributed by atoms with van der Waals surface area (Å²) in [6, 6.07) is 3.86. The molecule has 0 unspecified atom stereocenters. The van der Waals surface area contributed by atoms with Gasteiger partial charge >= 0.3 is 0 Å². The fraction of sp³-hybridized carbons (Fsp3) is 0.462. The Morgan fingerprint density at radius 3 is 2.26 bits per heavy atom. The second-order valence-electron chi connectivity index (χ2n) is 4.09. The van der Waals surface area contributed by atoms with Crippen molar-refractivity contribution in [3.8, 4) is 17.2 Å². The highest BCUT2D eigenvalue weighted by molar-refractivity contribution is 5.84. The van der Waals surface area contributed by atoms with E-state index >= 15 is 0 Å². The number of methoxy groups -OCH3 is 3. The number of hydrogen-bond acceptors (Lipinski definition) is 6. The van der Waals surface area contributed by atoms with Crippen molar-refractivity contribution in [2.24, 2.45) is 4.99 Å². The van der Waals surface area contributed by atoms with Crippen LogP contribution in [0.25, 0.3) is 0 Å². The van der Waals surface area contributed by atoms with Gasteiger partial charge in [-0.3, -0.25) is 4.99 Å². The van der Waals surface area contributed by atoms with Gasteiger partial charge in [0.1, 0.15) is 5.84 Å². The lowest BCUT2D eigenvalue weighted by atomic mass is 10.1. The Hall–Kier alpha value is -1.95. The van der Waals surface area contributed by atoms with Crippen LogP contribution >= 0.6 is 0 Å². The third-order valence-electron chi connectivity index (χ3n) is 2.87. The number of amidine groups is 1. The zero-order valence-corrected chi connectivity index (χ0v) is 11.4. The number of ether oxygens (including phenoxy) is 3. The van der Waals surface area contributed by atoms with Crippen LogP contribution in [0.3, 0.4) is 0 Å². The van der Waals surface area contributed by atoms with Crippen molar-refractivity contribution >= 4 is 5.84 Å². The van der Waals surface area contributed by atoms with Crippen molar-refractivity contribution in [3.05, 3.63) is 17.7 Å². The molecule has 0 amide bonds. The zero-order valence-electron chi connectivity index (χ0n) is 11.4. The molecular formula is C13H19N3O3. The van der Waals surface area contributed by atoms with Crippen LogP contribution in [-0.4, -0.2) is 40.3 Å². The number of nitrogens with one attached hydrogen (secondary N) is 2. The molecule has 6 heteroatoms.